The van der Waals surface area contributed by atoms with Crippen molar-refractivity contribution in [1.82, 2.24) is 15.0 Å². The van der Waals surface area contributed by atoms with Crippen LogP contribution in [0.3, 0.4) is 0 Å². The Bertz CT molecular complexity index is 349. The molecule has 5 N–H and O–H groups in total. The van der Waals surface area contributed by atoms with E-state index in [9.17, 15) is 0 Å². The summed E-state index contributed by atoms with van der Waals surface area (Å²) in [5, 5.41) is 20.5. The molecule has 1 aromatic rings. The summed E-state index contributed by atoms with van der Waals surface area (Å²) in [6.45, 7) is 2.23. The lowest BCUT2D eigenvalue weighted by Gasteiger charge is -2.10. The van der Waals surface area contributed by atoms with Gasteiger partial charge in [0.25, 0.3) is 0 Å². The smallest absolute Gasteiger partial charge is 0.323 e. The molecule has 0 aromatic carbocycles. The van der Waals surface area contributed by atoms with Gasteiger partial charge >= 0.3 is 6.01 Å². The van der Waals surface area contributed by atoms with Crippen LogP contribution in [-0.4, -0.2) is 51.0 Å². The second-order valence-electron chi connectivity index (χ2n) is 3.37. The Morgan fingerprint density at radius 1 is 1.41 bits per heavy atom. The van der Waals surface area contributed by atoms with Crippen molar-refractivity contribution in [2.24, 2.45) is 0 Å². The first-order chi connectivity index (χ1) is 8.15. The molecule has 8 nitrogen and oxygen atoms in total. The van der Waals surface area contributed by atoms with Gasteiger partial charge in [-0.05, 0) is 6.42 Å². The highest BCUT2D eigenvalue weighted by molar-refractivity contribution is 5.32. The first-order valence-corrected chi connectivity index (χ1v) is 5.32. The van der Waals surface area contributed by atoms with Gasteiger partial charge in [0.2, 0.25) is 11.9 Å². The topological polar surface area (TPSA) is 126 Å². The molecule has 1 unspecified atom stereocenters. The Kier molecular flexibility index (Phi) is 5.37. The monoisotopic (exact) mass is 243 g/mol. The van der Waals surface area contributed by atoms with Crippen LogP contribution in [0.1, 0.15) is 13.3 Å². The van der Waals surface area contributed by atoms with E-state index in [1.165, 1.54) is 0 Å². The van der Waals surface area contributed by atoms with Crippen molar-refractivity contribution in [3.8, 4) is 6.01 Å². The molecule has 0 radical (unpaired) electrons. The zero-order chi connectivity index (χ0) is 12.7. The molecular formula is C9H17N5O3. The average molecular weight is 243 g/mol. The molecule has 17 heavy (non-hydrogen) atoms. The van der Waals surface area contributed by atoms with Crippen LogP contribution in [0.25, 0.3) is 0 Å². The third-order valence-electron chi connectivity index (χ3n) is 1.77. The second kappa shape index (κ2) is 6.81. The average Bonchev–Trinajstić information content (AvgIpc) is 2.32. The fourth-order valence-corrected chi connectivity index (χ4v) is 0.983. The van der Waals surface area contributed by atoms with E-state index >= 15 is 0 Å². The number of nitrogens with zero attached hydrogens (tertiary/aromatic N) is 3. The normalized spacial score (nSPS) is 12.2. The van der Waals surface area contributed by atoms with Gasteiger partial charge in [-0.3, -0.25) is 0 Å². The number of hydrogen-bond donors (Lipinski definition) is 4. The lowest BCUT2D eigenvalue weighted by molar-refractivity contribution is 0.105. The molecule has 0 fully saturated rings. The van der Waals surface area contributed by atoms with Crippen molar-refractivity contribution < 1.29 is 14.9 Å². The molecule has 1 aromatic heterocycles. The Hall–Kier alpha value is -1.67. The SMILES string of the molecule is CCCOc1nc(N)nc(NCC(O)CO)n1. The van der Waals surface area contributed by atoms with Gasteiger partial charge in [0.1, 0.15) is 0 Å². The molecule has 1 rings (SSSR count). The minimum absolute atomic E-state index is 0.0343. The van der Waals surface area contributed by atoms with Gasteiger partial charge in [0.05, 0.1) is 19.3 Å². The number of aliphatic hydroxyl groups is 2. The maximum absolute atomic E-state index is 9.15. The van der Waals surface area contributed by atoms with E-state index < -0.39 is 6.10 Å². The third-order valence-corrected chi connectivity index (χ3v) is 1.77. The van der Waals surface area contributed by atoms with Crippen LogP contribution in [0.5, 0.6) is 6.01 Å². The number of hydrogen-bond acceptors (Lipinski definition) is 8. The standard InChI is InChI=1S/C9H17N5O3/c1-2-3-17-9-13-7(10)12-8(14-9)11-4-6(16)5-15/h6,15-16H,2-5H2,1H3,(H3,10,11,12,13,14). The number of rotatable bonds is 7. The second-order valence-corrected chi connectivity index (χ2v) is 3.37. The fraction of sp³-hybridized carbons (Fsp3) is 0.667. The van der Waals surface area contributed by atoms with Crippen LogP contribution < -0.4 is 15.8 Å². The van der Waals surface area contributed by atoms with Crippen LogP contribution in [0.2, 0.25) is 0 Å². The fourth-order valence-electron chi connectivity index (χ4n) is 0.983. The van der Waals surface area contributed by atoms with Crippen molar-refractivity contribution in [2.75, 3.05) is 30.8 Å². The van der Waals surface area contributed by atoms with Crippen LogP contribution in [0.15, 0.2) is 0 Å². The molecular weight excluding hydrogens is 226 g/mol. The summed E-state index contributed by atoms with van der Waals surface area (Å²) in [5.74, 6) is 0.239. The van der Waals surface area contributed by atoms with Gasteiger partial charge in [-0.2, -0.15) is 15.0 Å². The zero-order valence-electron chi connectivity index (χ0n) is 9.63. The summed E-state index contributed by atoms with van der Waals surface area (Å²) in [6, 6.07) is 0.139. The first-order valence-electron chi connectivity index (χ1n) is 5.32. The van der Waals surface area contributed by atoms with E-state index in [0.717, 1.165) is 6.42 Å². The highest BCUT2D eigenvalue weighted by atomic mass is 16.5. The first kappa shape index (κ1) is 13.4. The van der Waals surface area contributed by atoms with Gasteiger partial charge in [-0.25, -0.2) is 0 Å². The molecule has 0 aliphatic carbocycles. The minimum atomic E-state index is -0.881. The van der Waals surface area contributed by atoms with E-state index in [4.69, 9.17) is 20.7 Å². The van der Waals surface area contributed by atoms with Crippen LogP contribution in [-0.2, 0) is 0 Å². The van der Waals surface area contributed by atoms with Gasteiger partial charge < -0.3 is 26.0 Å². The molecule has 0 amide bonds. The Morgan fingerprint density at radius 2 is 2.18 bits per heavy atom. The predicted octanol–water partition coefficient (Wildman–Crippen LogP) is -0.992. The molecule has 0 bridgehead atoms. The molecule has 8 heteroatoms. The molecule has 96 valence electrons. The van der Waals surface area contributed by atoms with E-state index in [0.29, 0.717) is 6.61 Å². The van der Waals surface area contributed by atoms with E-state index in [-0.39, 0.29) is 31.1 Å². The summed E-state index contributed by atoms with van der Waals surface area (Å²) in [7, 11) is 0. The summed E-state index contributed by atoms with van der Waals surface area (Å²) in [6.07, 6.45) is -0.0506. The molecule has 1 atom stereocenters. The van der Waals surface area contributed by atoms with Gasteiger partial charge in [-0.15, -0.1) is 0 Å². The lowest BCUT2D eigenvalue weighted by Crippen LogP contribution is -2.24. The number of aliphatic hydroxyl groups excluding tert-OH is 2. The molecule has 0 aliphatic rings. The number of nitrogens with two attached hydrogens (primary N) is 1. The van der Waals surface area contributed by atoms with Crippen molar-refractivity contribution in [3.63, 3.8) is 0 Å². The van der Waals surface area contributed by atoms with E-state index in [1.54, 1.807) is 0 Å². The predicted molar refractivity (Wildman–Crippen MR) is 61.6 cm³/mol. The van der Waals surface area contributed by atoms with Crippen molar-refractivity contribution in [2.45, 2.75) is 19.4 Å². The number of aromatic nitrogens is 3. The quantitative estimate of drug-likeness (QED) is 0.480. The molecule has 1 heterocycles. The number of nitrogen functional groups attached to an aromatic ring is 1. The van der Waals surface area contributed by atoms with Crippen LogP contribution >= 0.6 is 0 Å². The van der Waals surface area contributed by atoms with Crippen molar-refractivity contribution in [1.29, 1.82) is 0 Å². The minimum Gasteiger partial charge on any atom is -0.463 e. The molecule has 0 spiro atoms. The van der Waals surface area contributed by atoms with Gasteiger partial charge in [-0.1, -0.05) is 6.92 Å². The molecule has 0 saturated carbocycles. The maximum atomic E-state index is 9.15. The summed E-state index contributed by atoms with van der Waals surface area (Å²) >= 11 is 0. The Morgan fingerprint density at radius 3 is 2.82 bits per heavy atom. The largest absolute Gasteiger partial charge is 0.463 e. The van der Waals surface area contributed by atoms with Gasteiger partial charge in [0, 0.05) is 6.54 Å². The van der Waals surface area contributed by atoms with Crippen LogP contribution in [0, 0.1) is 0 Å². The highest BCUT2D eigenvalue weighted by Gasteiger charge is 2.07. The van der Waals surface area contributed by atoms with Gasteiger partial charge in [0.15, 0.2) is 0 Å². The van der Waals surface area contributed by atoms with Crippen LogP contribution in [0.4, 0.5) is 11.9 Å². The lowest BCUT2D eigenvalue weighted by atomic mass is 10.4. The van der Waals surface area contributed by atoms with Crippen molar-refractivity contribution >= 4 is 11.9 Å². The number of ether oxygens (including phenoxy) is 1. The summed E-state index contributed by atoms with van der Waals surface area (Å²) < 4.78 is 5.22. The van der Waals surface area contributed by atoms with Crippen molar-refractivity contribution in [3.05, 3.63) is 0 Å². The van der Waals surface area contributed by atoms with E-state index in [2.05, 4.69) is 20.3 Å². The van der Waals surface area contributed by atoms with E-state index in [1.807, 2.05) is 6.92 Å². The molecule has 0 saturated heterocycles. The highest BCUT2D eigenvalue weighted by Crippen LogP contribution is 2.08. The maximum Gasteiger partial charge on any atom is 0.323 e. The summed E-state index contributed by atoms with van der Waals surface area (Å²) in [5.41, 5.74) is 5.48. The third kappa shape index (κ3) is 4.79. The molecule has 0 aliphatic heterocycles. The summed E-state index contributed by atoms with van der Waals surface area (Å²) in [4.78, 5) is 11.6. The Balaban J connectivity index is 2.61. The Labute approximate surface area is 98.9 Å². The number of nitrogens with one attached hydrogen (secondary N) is 1. The number of anilines is 2. The zero-order valence-corrected chi connectivity index (χ0v) is 9.63.